The first-order valence-corrected chi connectivity index (χ1v) is 12.8. The molecule has 0 saturated carbocycles. The Balaban J connectivity index is 0.000000267. The topological polar surface area (TPSA) is 88.1 Å². The monoisotopic (exact) mass is 498 g/mol. The number of nitrogens with one attached hydrogen (secondary N) is 1. The van der Waals surface area contributed by atoms with Gasteiger partial charge in [0.05, 0.1) is 13.2 Å². The molecule has 2 aromatic carbocycles. The van der Waals surface area contributed by atoms with Crippen molar-refractivity contribution in [3.05, 3.63) is 71.8 Å². The van der Waals surface area contributed by atoms with Crippen LogP contribution in [0.25, 0.3) is 0 Å². The summed E-state index contributed by atoms with van der Waals surface area (Å²) < 4.78 is 10.7. The molecule has 0 bridgehead atoms. The number of ether oxygens (including phenoxy) is 2. The summed E-state index contributed by atoms with van der Waals surface area (Å²) in [6.45, 7) is 9.68. The van der Waals surface area contributed by atoms with Gasteiger partial charge in [-0.2, -0.15) is 0 Å². The van der Waals surface area contributed by atoms with Gasteiger partial charge in [0.25, 0.3) is 0 Å². The summed E-state index contributed by atoms with van der Waals surface area (Å²) in [6.07, 6.45) is 4.23. The second-order valence-corrected chi connectivity index (χ2v) is 10.0. The van der Waals surface area contributed by atoms with E-state index < -0.39 is 23.7 Å². The summed E-state index contributed by atoms with van der Waals surface area (Å²) in [7, 11) is 0. The van der Waals surface area contributed by atoms with E-state index in [1.54, 1.807) is 20.8 Å². The second kappa shape index (κ2) is 16.0. The van der Waals surface area contributed by atoms with Gasteiger partial charge in [0.2, 0.25) is 0 Å². The smallest absolute Gasteiger partial charge is 0.408 e. The van der Waals surface area contributed by atoms with Gasteiger partial charge in [0, 0.05) is 0 Å². The minimum Gasteiger partial charge on any atom is -0.480 e. The van der Waals surface area contributed by atoms with E-state index in [1.807, 2.05) is 36.4 Å². The summed E-state index contributed by atoms with van der Waals surface area (Å²) in [5.41, 5.74) is 1.81. The highest BCUT2D eigenvalue weighted by molar-refractivity contribution is 5.79. The van der Waals surface area contributed by atoms with Crippen LogP contribution in [0.4, 0.5) is 4.79 Å². The molecule has 1 fully saturated rings. The molecule has 1 aliphatic heterocycles. The molecule has 1 heterocycles. The van der Waals surface area contributed by atoms with Crippen molar-refractivity contribution in [2.75, 3.05) is 19.6 Å². The molecule has 0 spiro atoms. The molecule has 36 heavy (non-hydrogen) atoms. The highest BCUT2D eigenvalue weighted by Gasteiger charge is 2.24. The van der Waals surface area contributed by atoms with E-state index in [9.17, 15) is 14.7 Å². The number of carbonyl (C=O) groups excluding carboxylic acids is 1. The molecule has 0 unspecified atom stereocenters. The van der Waals surface area contributed by atoms with Crippen molar-refractivity contribution < 1.29 is 24.2 Å². The number of hydrogen-bond acceptors (Lipinski definition) is 5. The lowest BCUT2D eigenvalue weighted by Crippen LogP contribution is -2.44. The maximum absolute atomic E-state index is 11.6. The predicted molar refractivity (Wildman–Crippen MR) is 142 cm³/mol. The van der Waals surface area contributed by atoms with Gasteiger partial charge in [-0.3, -0.25) is 0 Å². The molecule has 2 aromatic rings. The van der Waals surface area contributed by atoms with Crippen LogP contribution in [-0.2, 0) is 27.5 Å². The van der Waals surface area contributed by atoms with Crippen molar-refractivity contribution in [1.82, 2.24) is 10.2 Å². The Kier molecular flexibility index (Phi) is 13.0. The Morgan fingerprint density at radius 1 is 0.917 bits per heavy atom. The quantitative estimate of drug-likeness (QED) is 0.441. The molecule has 1 amide bonds. The fourth-order valence-corrected chi connectivity index (χ4v) is 3.84. The van der Waals surface area contributed by atoms with E-state index in [0.29, 0.717) is 19.6 Å². The standard InChI is InChI=1S/C15H28N2O4.C14H14O/c1-15(2,3)21-14(20)16-12(13(18)19)8-7-11-17-9-5-4-6-10-17;1-3-7-13(8-4-1)11-15-12-14-9-5-2-6-10-14/h12H,4-11H2,1-3H3,(H,16,20)(H,18,19);1-10H,11-12H2/t12-;/m0./s1. The normalized spacial score (nSPS) is 14.8. The minimum atomic E-state index is -1.01. The van der Waals surface area contributed by atoms with Crippen LogP contribution in [-0.4, -0.2) is 53.3 Å². The van der Waals surface area contributed by atoms with Gasteiger partial charge >= 0.3 is 12.1 Å². The molecule has 1 saturated heterocycles. The zero-order valence-electron chi connectivity index (χ0n) is 21.9. The van der Waals surface area contributed by atoms with Crippen LogP contribution in [0.3, 0.4) is 0 Å². The molecular formula is C29H42N2O5. The van der Waals surface area contributed by atoms with Crippen molar-refractivity contribution in [2.24, 2.45) is 0 Å². The number of carbonyl (C=O) groups is 2. The largest absolute Gasteiger partial charge is 0.480 e. The summed E-state index contributed by atoms with van der Waals surface area (Å²) in [5.74, 6) is -1.01. The minimum absolute atomic E-state index is 0.422. The highest BCUT2D eigenvalue weighted by Crippen LogP contribution is 2.11. The first kappa shape index (κ1) is 29.3. The molecule has 0 radical (unpaired) electrons. The number of hydrogen-bond donors (Lipinski definition) is 2. The number of benzene rings is 2. The molecule has 3 rings (SSSR count). The van der Waals surface area contributed by atoms with Crippen molar-refractivity contribution in [2.45, 2.75) is 77.7 Å². The summed E-state index contributed by atoms with van der Waals surface area (Å²) in [6, 6.07) is 19.6. The molecular weight excluding hydrogens is 456 g/mol. The lowest BCUT2D eigenvalue weighted by atomic mass is 10.1. The molecule has 2 N–H and O–H groups in total. The number of carboxylic acids is 1. The highest BCUT2D eigenvalue weighted by atomic mass is 16.6. The van der Waals surface area contributed by atoms with Crippen molar-refractivity contribution >= 4 is 12.1 Å². The maximum Gasteiger partial charge on any atom is 0.408 e. The van der Waals surface area contributed by atoms with Crippen LogP contribution in [0.2, 0.25) is 0 Å². The lowest BCUT2D eigenvalue weighted by Gasteiger charge is -2.27. The number of aliphatic carboxylic acids is 1. The van der Waals surface area contributed by atoms with E-state index in [1.165, 1.54) is 30.4 Å². The van der Waals surface area contributed by atoms with E-state index in [4.69, 9.17) is 9.47 Å². The van der Waals surface area contributed by atoms with Crippen molar-refractivity contribution in [3.8, 4) is 0 Å². The second-order valence-electron chi connectivity index (χ2n) is 10.0. The fraction of sp³-hybridized carbons (Fsp3) is 0.517. The zero-order chi connectivity index (χ0) is 26.2. The number of nitrogens with zero attached hydrogens (tertiary/aromatic N) is 1. The van der Waals surface area contributed by atoms with E-state index in [0.717, 1.165) is 26.1 Å². The molecule has 0 aromatic heterocycles. The molecule has 7 nitrogen and oxygen atoms in total. The van der Waals surface area contributed by atoms with E-state index in [-0.39, 0.29) is 0 Å². The molecule has 7 heteroatoms. The molecule has 0 aliphatic carbocycles. The summed E-state index contributed by atoms with van der Waals surface area (Å²) in [4.78, 5) is 25.2. The third kappa shape index (κ3) is 13.3. The van der Waals surface area contributed by atoms with Gasteiger partial charge in [0.1, 0.15) is 11.6 Å². The van der Waals surface area contributed by atoms with Gasteiger partial charge in [-0.15, -0.1) is 0 Å². The van der Waals surface area contributed by atoms with Gasteiger partial charge in [-0.25, -0.2) is 9.59 Å². The van der Waals surface area contributed by atoms with Gasteiger partial charge in [0.15, 0.2) is 0 Å². The maximum atomic E-state index is 11.6. The number of carboxylic acid groups (broad SMARTS) is 1. The Bertz CT molecular complexity index is 838. The van der Waals surface area contributed by atoms with Crippen LogP contribution in [0.1, 0.15) is 64.0 Å². The number of alkyl carbamates (subject to hydrolysis) is 1. The van der Waals surface area contributed by atoms with Gasteiger partial charge < -0.3 is 24.8 Å². The third-order valence-corrected chi connectivity index (χ3v) is 5.63. The fourth-order valence-electron chi connectivity index (χ4n) is 3.84. The van der Waals surface area contributed by atoms with Crippen LogP contribution in [0.5, 0.6) is 0 Å². The van der Waals surface area contributed by atoms with Gasteiger partial charge in [-0.1, -0.05) is 67.1 Å². The number of rotatable bonds is 10. The SMILES string of the molecule is CC(C)(C)OC(=O)N[C@@H](CCCN1CCCCC1)C(=O)O.c1ccc(COCc2ccccc2)cc1. The molecule has 1 atom stereocenters. The van der Waals surface area contributed by atoms with Crippen LogP contribution < -0.4 is 5.32 Å². The third-order valence-electron chi connectivity index (χ3n) is 5.63. The number of likely N-dealkylation sites (tertiary alicyclic amines) is 1. The van der Waals surface area contributed by atoms with Crippen LogP contribution in [0, 0.1) is 0 Å². The summed E-state index contributed by atoms with van der Waals surface area (Å²) in [5, 5.41) is 11.6. The number of amides is 1. The first-order valence-electron chi connectivity index (χ1n) is 12.8. The van der Waals surface area contributed by atoms with Crippen molar-refractivity contribution in [1.29, 1.82) is 0 Å². The summed E-state index contributed by atoms with van der Waals surface area (Å²) >= 11 is 0. The Morgan fingerprint density at radius 2 is 1.44 bits per heavy atom. The average molecular weight is 499 g/mol. The number of piperidine rings is 1. The van der Waals surface area contributed by atoms with Crippen LogP contribution >= 0.6 is 0 Å². The lowest BCUT2D eigenvalue weighted by molar-refractivity contribution is -0.139. The first-order chi connectivity index (χ1) is 17.2. The Hall–Kier alpha value is -2.90. The average Bonchev–Trinajstić information content (AvgIpc) is 2.85. The zero-order valence-corrected chi connectivity index (χ0v) is 21.9. The van der Waals surface area contributed by atoms with Crippen molar-refractivity contribution in [3.63, 3.8) is 0 Å². The Morgan fingerprint density at radius 3 is 1.92 bits per heavy atom. The molecule has 1 aliphatic rings. The predicted octanol–water partition coefficient (Wildman–Crippen LogP) is 5.63. The Labute approximate surface area is 215 Å². The van der Waals surface area contributed by atoms with Gasteiger partial charge in [-0.05, 0) is 77.2 Å². The molecule has 198 valence electrons. The van der Waals surface area contributed by atoms with E-state index in [2.05, 4.69) is 34.5 Å². The van der Waals surface area contributed by atoms with E-state index >= 15 is 0 Å². The van der Waals surface area contributed by atoms with Crippen LogP contribution in [0.15, 0.2) is 60.7 Å².